The lowest BCUT2D eigenvalue weighted by molar-refractivity contribution is -0.152. The van der Waals surface area contributed by atoms with Crippen molar-refractivity contribution in [2.24, 2.45) is 16.7 Å². The summed E-state index contributed by atoms with van der Waals surface area (Å²) < 4.78 is 5.19. The summed E-state index contributed by atoms with van der Waals surface area (Å²) in [6.07, 6.45) is 3.47. The summed E-state index contributed by atoms with van der Waals surface area (Å²) in [6.45, 7) is 6.99. The highest BCUT2D eigenvalue weighted by Gasteiger charge is 2.44. The zero-order valence-corrected chi connectivity index (χ0v) is 16.1. The van der Waals surface area contributed by atoms with Crippen molar-refractivity contribution in [1.82, 2.24) is 5.32 Å². The fourth-order valence-electron chi connectivity index (χ4n) is 3.72. The van der Waals surface area contributed by atoms with Crippen molar-refractivity contribution in [2.75, 3.05) is 6.54 Å². The Morgan fingerprint density at radius 1 is 1.23 bits per heavy atom. The zero-order chi connectivity index (χ0) is 19.2. The number of benzene rings is 1. The number of aliphatic carboxylic acids is 1. The molecule has 1 fully saturated rings. The number of carboxylic acid groups (broad SMARTS) is 1. The van der Waals surface area contributed by atoms with Crippen LogP contribution in [0.5, 0.6) is 0 Å². The van der Waals surface area contributed by atoms with E-state index in [-0.39, 0.29) is 18.6 Å². The molecule has 1 aliphatic rings. The van der Waals surface area contributed by atoms with E-state index in [1.807, 2.05) is 30.3 Å². The van der Waals surface area contributed by atoms with E-state index in [1.54, 1.807) is 0 Å². The van der Waals surface area contributed by atoms with Crippen molar-refractivity contribution in [2.45, 2.75) is 59.5 Å². The van der Waals surface area contributed by atoms with Crippen molar-refractivity contribution in [3.8, 4) is 0 Å². The molecule has 1 aromatic carbocycles. The van der Waals surface area contributed by atoms with Gasteiger partial charge in [-0.2, -0.15) is 0 Å². The zero-order valence-electron chi connectivity index (χ0n) is 16.1. The Bertz CT molecular complexity index is 604. The summed E-state index contributed by atoms with van der Waals surface area (Å²) in [6, 6.07) is 9.42. The van der Waals surface area contributed by atoms with Crippen LogP contribution < -0.4 is 5.32 Å². The summed E-state index contributed by atoms with van der Waals surface area (Å²) in [5, 5.41) is 12.4. The SMILES string of the molecule is CCC(C)(C)C1CCC(CNC(=O)OCc2ccccc2)(C(=O)O)CC1. The van der Waals surface area contributed by atoms with Crippen LogP contribution in [0.15, 0.2) is 30.3 Å². The molecule has 1 aromatic rings. The van der Waals surface area contributed by atoms with Crippen molar-refractivity contribution in [3.05, 3.63) is 35.9 Å². The van der Waals surface area contributed by atoms with Gasteiger partial charge in [-0.05, 0) is 42.6 Å². The molecule has 0 aliphatic heterocycles. The largest absolute Gasteiger partial charge is 0.481 e. The van der Waals surface area contributed by atoms with Crippen LogP contribution in [0, 0.1) is 16.7 Å². The minimum atomic E-state index is -0.883. The summed E-state index contributed by atoms with van der Waals surface area (Å²) in [5.41, 5.74) is 0.247. The minimum absolute atomic E-state index is 0.120. The molecular weight excluding hydrogens is 330 g/mol. The molecule has 0 bridgehead atoms. The first kappa shape index (κ1) is 20.3. The highest BCUT2D eigenvalue weighted by atomic mass is 16.5. The minimum Gasteiger partial charge on any atom is -0.481 e. The predicted molar refractivity (Wildman–Crippen MR) is 101 cm³/mol. The molecule has 0 unspecified atom stereocenters. The highest BCUT2D eigenvalue weighted by Crippen LogP contribution is 2.46. The van der Waals surface area contributed by atoms with Crippen LogP contribution in [-0.4, -0.2) is 23.7 Å². The van der Waals surface area contributed by atoms with Crippen molar-refractivity contribution in [3.63, 3.8) is 0 Å². The third-order valence-electron chi connectivity index (χ3n) is 6.20. The lowest BCUT2D eigenvalue weighted by atomic mass is 9.62. The lowest BCUT2D eigenvalue weighted by Gasteiger charge is -2.43. The number of alkyl carbamates (subject to hydrolysis) is 1. The number of amides is 1. The van der Waals surface area contributed by atoms with Crippen LogP contribution in [0.2, 0.25) is 0 Å². The van der Waals surface area contributed by atoms with E-state index in [0.717, 1.165) is 24.8 Å². The monoisotopic (exact) mass is 361 g/mol. The molecule has 2 N–H and O–H groups in total. The molecule has 0 heterocycles. The van der Waals surface area contributed by atoms with Gasteiger partial charge in [0.25, 0.3) is 0 Å². The molecule has 1 aliphatic carbocycles. The average Bonchev–Trinajstić information content (AvgIpc) is 2.65. The number of carboxylic acids is 1. The number of hydrogen-bond donors (Lipinski definition) is 2. The Hall–Kier alpha value is -2.04. The Labute approximate surface area is 156 Å². The van der Waals surface area contributed by atoms with Crippen LogP contribution in [0.3, 0.4) is 0 Å². The van der Waals surface area contributed by atoms with Crippen LogP contribution in [0.25, 0.3) is 0 Å². The molecule has 1 amide bonds. The second kappa shape index (κ2) is 8.56. The number of carbonyl (C=O) groups excluding carboxylic acids is 1. The first-order chi connectivity index (χ1) is 12.3. The standard InChI is InChI=1S/C21H31NO4/c1-4-20(2,3)17-10-12-21(13-11-17,18(23)24)15-22-19(25)26-14-16-8-6-5-7-9-16/h5-9,17H,4,10-15H2,1-3H3,(H,22,25)(H,23,24). The van der Waals surface area contributed by atoms with E-state index >= 15 is 0 Å². The maximum Gasteiger partial charge on any atom is 0.407 e. The fraction of sp³-hybridized carbons (Fsp3) is 0.619. The number of carbonyl (C=O) groups is 2. The van der Waals surface area contributed by atoms with E-state index in [9.17, 15) is 14.7 Å². The molecule has 0 spiro atoms. The van der Waals surface area contributed by atoms with Gasteiger partial charge < -0.3 is 15.2 Å². The van der Waals surface area contributed by atoms with Gasteiger partial charge in [-0.1, -0.05) is 57.5 Å². The molecule has 5 heteroatoms. The van der Waals surface area contributed by atoms with Gasteiger partial charge in [-0.15, -0.1) is 0 Å². The Morgan fingerprint density at radius 2 is 1.85 bits per heavy atom. The molecule has 0 radical (unpaired) electrons. The van der Waals surface area contributed by atoms with Crippen molar-refractivity contribution < 1.29 is 19.4 Å². The smallest absolute Gasteiger partial charge is 0.407 e. The fourth-order valence-corrected chi connectivity index (χ4v) is 3.72. The summed E-state index contributed by atoms with van der Waals surface area (Å²) >= 11 is 0. The topological polar surface area (TPSA) is 75.6 Å². The van der Waals surface area contributed by atoms with Crippen molar-refractivity contribution >= 4 is 12.1 Å². The average molecular weight is 361 g/mol. The van der Waals surface area contributed by atoms with Crippen LogP contribution >= 0.6 is 0 Å². The normalized spacial score (nSPS) is 23.3. The molecule has 0 aromatic heterocycles. The molecule has 1 saturated carbocycles. The predicted octanol–water partition coefficient (Wildman–Crippen LogP) is 4.61. The molecule has 0 atom stereocenters. The van der Waals surface area contributed by atoms with E-state index in [0.29, 0.717) is 18.8 Å². The second-order valence-electron chi connectivity index (χ2n) is 8.12. The van der Waals surface area contributed by atoms with Gasteiger partial charge in [-0.3, -0.25) is 4.79 Å². The van der Waals surface area contributed by atoms with Gasteiger partial charge in [0, 0.05) is 6.54 Å². The number of hydrogen-bond acceptors (Lipinski definition) is 3. The lowest BCUT2D eigenvalue weighted by Crippen LogP contribution is -2.46. The quantitative estimate of drug-likeness (QED) is 0.743. The van der Waals surface area contributed by atoms with Crippen LogP contribution in [0.4, 0.5) is 4.79 Å². The Morgan fingerprint density at radius 3 is 2.38 bits per heavy atom. The number of ether oxygens (including phenoxy) is 1. The van der Waals surface area contributed by atoms with Gasteiger partial charge >= 0.3 is 12.1 Å². The Balaban J connectivity index is 1.87. The third-order valence-corrected chi connectivity index (χ3v) is 6.20. The van der Waals surface area contributed by atoms with E-state index < -0.39 is 17.5 Å². The van der Waals surface area contributed by atoms with Crippen LogP contribution in [-0.2, 0) is 16.1 Å². The first-order valence-electron chi connectivity index (χ1n) is 9.47. The molecular formula is C21H31NO4. The third kappa shape index (κ3) is 4.99. The van der Waals surface area contributed by atoms with Gasteiger partial charge in [0.2, 0.25) is 0 Å². The second-order valence-corrected chi connectivity index (χ2v) is 8.12. The maximum atomic E-state index is 12.0. The Kier molecular flexibility index (Phi) is 6.68. The molecule has 26 heavy (non-hydrogen) atoms. The molecule has 5 nitrogen and oxygen atoms in total. The molecule has 144 valence electrons. The number of rotatable bonds is 7. The molecule has 2 rings (SSSR count). The van der Waals surface area contributed by atoms with Gasteiger partial charge in [0.05, 0.1) is 5.41 Å². The first-order valence-corrected chi connectivity index (χ1v) is 9.47. The summed E-state index contributed by atoms with van der Waals surface area (Å²) in [5.74, 6) is -0.293. The van der Waals surface area contributed by atoms with Crippen molar-refractivity contribution in [1.29, 1.82) is 0 Å². The maximum absolute atomic E-state index is 12.0. The number of nitrogens with one attached hydrogen (secondary N) is 1. The summed E-state index contributed by atoms with van der Waals surface area (Å²) in [7, 11) is 0. The highest BCUT2D eigenvalue weighted by molar-refractivity contribution is 5.76. The van der Waals surface area contributed by atoms with E-state index in [1.165, 1.54) is 0 Å². The van der Waals surface area contributed by atoms with E-state index in [4.69, 9.17) is 4.74 Å². The van der Waals surface area contributed by atoms with Crippen LogP contribution in [0.1, 0.15) is 58.4 Å². The van der Waals surface area contributed by atoms with Gasteiger partial charge in [-0.25, -0.2) is 4.79 Å². The van der Waals surface area contributed by atoms with Gasteiger partial charge in [0.1, 0.15) is 6.61 Å². The summed E-state index contributed by atoms with van der Waals surface area (Å²) in [4.78, 5) is 23.9. The molecule has 0 saturated heterocycles. The van der Waals surface area contributed by atoms with Gasteiger partial charge in [0.15, 0.2) is 0 Å². The van der Waals surface area contributed by atoms with E-state index in [2.05, 4.69) is 26.1 Å².